The van der Waals surface area contributed by atoms with E-state index in [9.17, 15) is 17.6 Å². The smallest absolute Gasteiger partial charge is 0.298 e. The van der Waals surface area contributed by atoms with E-state index in [2.05, 4.69) is 4.74 Å². The van der Waals surface area contributed by atoms with Gasteiger partial charge in [0.25, 0.3) is 12.9 Å². The average molecular weight is 148 g/mol. The Morgan fingerprint density at radius 2 is 1.00 bits per heavy atom. The normalized spacial score (nSPS) is 9.33. The maximum Gasteiger partial charge on any atom is 0.298 e. The zero-order chi connectivity index (χ0) is 7.86. The fourth-order valence-electron chi connectivity index (χ4n) is 0. The molecule has 0 aromatic heterocycles. The van der Waals surface area contributed by atoms with Crippen molar-refractivity contribution in [1.82, 2.24) is 0 Å². The Morgan fingerprint density at radius 1 is 0.889 bits per heavy atom. The van der Waals surface area contributed by atoms with Crippen molar-refractivity contribution in [3.8, 4) is 0 Å². The largest absolute Gasteiger partial charge is 0.388 e. The number of rotatable bonds is 1. The van der Waals surface area contributed by atoms with Crippen LogP contribution >= 0.6 is 0 Å². The van der Waals surface area contributed by atoms with Crippen molar-refractivity contribution in [1.29, 1.82) is 0 Å². The van der Waals surface area contributed by atoms with Crippen LogP contribution in [0.25, 0.3) is 0 Å². The highest BCUT2D eigenvalue weighted by Gasteiger charge is 2.15. The molecule has 0 N–H and O–H groups in total. The number of ether oxygens (including phenoxy) is 1. The van der Waals surface area contributed by atoms with Crippen molar-refractivity contribution in [3.63, 3.8) is 0 Å². The summed E-state index contributed by atoms with van der Waals surface area (Å²) in [4.78, 5) is 0. The quantitative estimate of drug-likeness (QED) is 0.515. The minimum absolute atomic E-state index is 1.62. The summed E-state index contributed by atoms with van der Waals surface area (Å²) in [5, 5.41) is 0. The summed E-state index contributed by atoms with van der Waals surface area (Å²) in [7, 11) is 3.25. The second-order valence-electron chi connectivity index (χ2n) is 1.08. The minimum atomic E-state index is -3.48. The molecule has 58 valence electrons. The Hall–Kier alpha value is -0.320. The van der Waals surface area contributed by atoms with E-state index >= 15 is 0 Å². The van der Waals surface area contributed by atoms with Gasteiger partial charge < -0.3 is 4.74 Å². The van der Waals surface area contributed by atoms with E-state index < -0.39 is 12.9 Å². The lowest BCUT2D eigenvalue weighted by Crippen LogP contribution is -2.02. The van der Waals surface area contributed by atoms with Crippen LogP contribution in [0.15, 0.2) is 0 Å². The molecule has 0 aliphatic heterocycles. The van der Waals surface area contributed by atoms with Gasteiger partial charge in [-0.2, -0.15) is 0 Å². The summed E-state index contributed by atoms with van der Waals surface area (Å²) >= 11 is 0. The van der Waals surface area contributed by atoms with Gasteiger partial charge in [0.2, 0.25) is 0 Å². The maximum atomic E-state index is 10.4. The predicted octanol–water partition coefficient (Wildman–Crippen LogP) is 1.78. The number of alkyl halides is 4. The lowest BCUT2D eigenvalue weighted by Gasteiger charge is -1.89. The molecule has 0 spiro atoms. The highest BCUT2D eigenvalue weighted by atomic mass is 19.3. The molecular weight excluding hydrogens is 140 g/mol. The predicted molar refractivity (Wildman–Crippen MR) is 24.9 cm³/mol. The van der Waals surface area contributed by atoms with Crippen molar-refractivity contribution < 1.29 is 22.3 Å². The molecule has 0 heterocycles. The molecule has 0 atom stereocenters. The zero-order valence-corrected chi connectivity index (χ0v) is 5.07. The molecule has 0 aliphatic carbocycles. The number of methoxy groups -OCH3 is 1. The lowest BCUT2D eigenvalue weighted by atomic mass is 10.8. The Morgan fingerprint density at radius 3 is 1.00 bits per heavy atom. The Kier molecular flexibility index (Phi) is 9.79. The molecule has 0 unspecified atom stereocenters. The van der Waals surface area contributed by atoms with Crippen molar-refractivity contribution in [3.05, 3.63) is 0 Å². The molecule has 0 fully saturated rings. The molecule has 0 rings (SSSR count). The topological polar surface area (TPSA) is 9.23 Å². The van der Waals surface area contributed by atoms with E-state index in [4.69, 9.17) is 0 Å². The number of hydrogen-bond acceptors (Lipinski definition) is 1. The van der Waals surface area contributed by atoms with Crippen LogP contribution in [0.2, 0.25) is 0 Å². The van der Waals surface area contributed by atoms with Gasteiger partial charge in [-0.25, -0.2) is 17.6 Å². The van der Waals surface area contributed by atoms with Gasteiger partial charge >= 0.3 is 0 Å². The van der Waals surface area contributed by atoms with Crippen LogP contribution in [-0.2, 0) is 4.74 Å². The molecule has 0 bridgehead atoms. The van der Waals surface area contributed by atoms with Gasteiger partial charge in [-0.3, -0.25) is 0 Å². The first kappa shape index (κ1) is 11.5. The maximum absolute atomic E-state index is 10.4. The van der Waals surface area contributed by atoms with E-state index in [0.717, 1.165) is 0 Å². The summed E-state index contributed by atoms with van der Waals surface area (Å²) in [5.41, 5.74) is 0. The van der Waals surface area contributed by atoms with Crippen molar-refractivity contribution >= 4 is 0 Å². The minimum Gasteiger partial charge on any atom is -0.388 e. The third-order valence-electron chi connectivity index (χ3n) is 0.190. The lowest BCUT2D eigenvalue weighted by molar-refractivity contribution is -0.0278. The van der Waals surface area contributed by atoms with E-state index in [1.165, 1.54) is 0 Å². The molecule has 1 nitrogen and oxygen atoms in total. The highest BCUT2D eigenvalue weighted by Crippen LogP contribution is 2.04. The molecular formula is C4H8F4O. The van der Waals surface area contributed by atoms with Crippen molar-refractivity contribution in [2.75, 3.05) is 14.2 Å². The molecule has 0 saturated heterocycles. The van der Waals surface area contributed by atoms with Crippen LogP contribution in [0.3, 0.4) is 0 Å². The van der Waals surface area contributed by atoms with E-state index in [0.29, 0.717) is 0 Å². The zero-order valence-electron chi connectivity index (χ0n) is 5.07. The van der Waals surface area contributed by atoms with E-state index in [1.807, 2.05) is 0 Å². The average Bonchev–Trinajstić information content (AvgIpc) is 1.68. The van der Waals surface area contributed by atoms with Gasteiger partial charge in [0.15, 0.2) is 0 Å². The SMILES string of the molecule is COC.FC(F)C(F)F. The van der Waals surface area contributed by atoms with Gasteiger partial charge in [-0.1, -0.05) is 0 Å². The summed E-state index contributed by atoms with van der Waals surface area (Å²) < 4.78 is 45.9. The number of hydrogen-bond donors (Lipinski definition) is 0. The van der Waals surface area contributed by atoms with E-state index in [1.54, 1.807) is 14.2 Å². The highest BCUT2D eigenvalue weighted by molar-refractivity contribution is 4.35. The number of halogens is 4. The molecule has 0 amide bonds. The Bertz CT molecular complexity index is 41.8. The molecule has 0 aromatic rings. The standard InChI is InChI=1S/C2H2F4.C2H6O/c3-1(4)2(5)6;1-3-2/h1-2H;1-2H3. The monoisotopic (exact) mass is 148 g/mol. The summed E-state index contributed by atoms with van der Waals surface area (Å²) in [6, 6.07) is 0. The van der Waals surface area contributed by atoms with Crippen LogP contribution in [-0.4, -0.2) is 27.1 Å². The van der Waals surface area contributed by atoms with Gasteiger partial charge in [0.1, 0.15) is 0 Å². The molecule has 0 radical (unpaired) electrons. The summed E-state index contributed by atoms with van der Waals surface area (Å²) in [6.07, 6.45) is -6.96. The second kappa shape index (κ2) is 7.68. The van der Waals surface area contributed by atoms with E-state index in [-0.39, 0.29) is 0 Å². The summed E-state index contributed by atoms with van der Waals surface area (Å²) in [5.74, 6) is 0. The Balaban J connectivity index is 0. The van der Waals surface area contributed by atoms with Crippen LogP contribution in [0.5, 0.6) is 0 Å². The first-order valence-corrected chi connectivity index (χ1v) is 2.02. The fraction of sp³-hybridized carbons (Fsp3) is 1.00. The van der Waals surface area contributed by atoms with Crippen molar-refractivity contribution in [2.45, 2.75) is 12.9 Å². The second-order valence-corrected chi connectivity index (χ2v) is 1.08. The third-order valence-corrected chi connectivity index (χ3v) is 0.190. The van der Waals surface area contributed by atoms with Gasteiger partial charge in [-0.15, -0.1) is 0 Å². The molecule has 0 aromatic carbocycles. The first-order valence-electron chi connectivity index (χ1n) is 2.02. The van der Waals surface area contributed by atoms with Gasteiger partial charge in [0, 0.05) is 14.2 Å². The molecule has 5 heteroatoms. The first-order chi connectivity index (χ1) is 4.06. The third kappa shape index (κ3) is 18.3. The van der Waals surface area contributed by atoms with Crippen LogP contribution < -0.4 is 0 Å². The van der Waals surface area contributed by atoms with Crippen LogP contribution in [0.1, 0.15) is 0 Å². The molecule has 9 heavy (non-hydrogen) atoms. The van der Waals surface area contributed by atoms with Gasteiger partial charge in [0.05, 0.1) is 0 Å². The summed E-state index contributed by atoms with van der Waals surface area (Å²) in [6.45, 7) is 0. The van der Waals surface area contributed by atoms with Crippen LogP contribution in [0, 0.1) is 0 Å². The van der Waals surface area contributed by atoms with Gasteiger partial charge in [-0.05, 0) is 0 Å². The molecule has 0 saturated carbocycles. The fourth-order valence-corrected chi connectivity index (χ4v) is 0. The Labute approximate surface area is 50.6 Å². The van der Waals surface area contributed by atoms with Crippen LogP contribution in [0.4, 0.5) is 17.6 Å². The van der Waals surface area contributed by atoms with Crippen molar-refractivity contribution in [2.24, 2.45) is 0 Å². The molecule has 0 aliphatic rings.